The van der Waals surface area contributed by atoms with Crippen LogP contribution in [0.2, 0.25) is 0 Å². The molecule has 6 nitrogen and oxygen atoms in total. The maximum absolute atomic E-state index is 10.5. The molecule has 1 N–H and O–H groups in total. The zero-order chi connectivity index (χ0) is 13.1. The summed E-state index contributed by atoms with van der Waals surface area (Å²) in [7, 11) is 0. The summed E-state index contributed by atoms with van der Waals surface area (Å²) in [5.41, 5.74) is 1.74. The number of carboxylic acids is 1. The predicted molar refractivity (Wildman–Crippen MR) is 66.5 cm³/mol. The van der Waals surface area contributed by atoms with E-state index >= 15 is 0 Å². The van der Waals surface area contributed by atoms with Gasteiger partial charge in [0.1, 0.15) is 0 Å². The van der Waals surface area contributed by atoms with Crippen molar-refractivity contribution < 1.29 is 9.90 Å². The molecule has 98 valence electrons. The van der Waals surface area contributed by atoms with Gasteiger partial charge >= 0.3 is 5.97 Å². The van der Waals surface area contributed by atoms with Gasteiger partial charge in [0.2, 0.25) is 5.95 Å². The molecule has 0 amide bonds. The van der Waals surface area contributed by atoms with Gasteiger partial charge in [0, 0.05) is 19.5 Å². The maximum Gasteiger partial charge on any atom is 0.303 e. The molecule has 0 aromatic carbocycles. The van der Waals surface area contributed by atoms with Gasteiger partial charge < -0.3 is 10.0 Å². The maximum atomic E-state index is 10.5. The second-order valence-corrected chi connectivity index (χ2v) is 4.82. The van der Waals surface area contributed by atoms with Crippen molar-refractivity contribution in [2.24, 2.45) is 5.92 Å². The molecule has 1 aliphatic rings. The minimum Gasteiger partial charge on any atom is -0.481 e. The zero-order valence-electron chi connectivity index (χ0n) is 10.8. The molecule has 18 heavy (non-hydrogen) atoms. The largest absolute Gasteiger partial charge is 0.481 e. The Labute approximate surface area is 106 Å². The number of anilines is 1. The number of aliphatic carboxylic acids is 1. The van der Waals surface area contributed by atoms with Crippen LogP contribution in [0.25, 0.3) is 0 Å². The first-order valence-electron chi connectivity index (χ1n) is 6.21. The SMILES string of the molecule is Cc1nnc(N2CCC(CCC(=O)O)C2)nc1C. The van der Waals surface area contributed by atoms with E-state index in [1.165, 1.54) is 0 Å². The number of hydrogen-bond acceptors (Lipinski definition) is 5. The van der Waals surface area contributed by atoms with Gasteiger partial charge in [-0.2, -0.15) is 5.10 Å². The Kier molecular flexibility index (Phi) is 3.74. The highest BCUT2D eigenvalue weighted by molar-refractivity contribution is 5.66. The van der Waals surface area contributed by atoms with E-state index in [0.717, 1.165) is 37.3 Å². The van der Waals surface area contributed by atoms with E-state index in [1.54, 1.807) is 0 Å². The number of aryl methyl sites for hydroxylation is 2. The molecular formula is C12H18N4O2. The molecule has 2 rings (SSSR count). The predicted octanol–water partition coefficient (Wildman–Crippen LogP) is 1.18. The Bertz CT molecular complexity index is 450. The van der Waals surface area contributed by atoms with Gasteiger partial charge in [0.15, 0.2) is 0 Å². The minimum atomic E-state index is -0.724. The van der Waals surface area contributed by atoms with E-state index in [0.29, 0.717) is 11.9 Å². The number of rotatable bonds is 4. The van der Waals surface area contributed by atoms with Crippen LogP contribution >= 0.6 is 0 Å². The van der Waals surface area contributed by atoms with Gasteiger partial charge in [-0.05, 0) is 32.6 Å². The van der Waals surface area contributed by atoms with Gasteiger partial charge in [0.05, 0.1) is 11.4 Å². The zero-order valence-corrected chi connectivity index (χ0v) is 10.8. The van der Waals surface area contributed by atoms with Crippen molar-refractivity contribution in [1.82, 2.24) is 15.2 Å². The van der Waals surface area contributed by atoms with E-state index in [4.69, 9.17) is 5.11 Å². The quantitative estimate of drug-likeness (QED) is 0.864. The first kappa shape index (κ1) is 12.7. The standard InChI is InChI=1S/C12H18N4O2/c1-8-9(2)14-15-12(13-8)16-6-5-10(7-16)3-4-11(17)18/h10H,3-7H2,1-2H3,(H,17,18). The van der Waals surface area contributed by atoms with Crippen LogP contribution in [-0.4, -0.2) is 39.3 Å². The molecule has 1 unspecified atom stereocenters. The van der Waals surface area contributed by atoms with E-state index in [1.807, 2.05) is 13.8 Å². The molecule has 1 saturated heterocycles. The van der Waals surface area contributed by atoms with Gasteiger partial charge in [-0.15, -0.1) is 5.10 Å². The highest BCUT2D eigenvalue weighted by Crippen LogP contribution is 2.24. The van der Waals surface area contributed by atoms with Gasteiger partial charge in [-0.3, -0.25) is 4.79 Å². The second-order valence-electron chi connectivity index (χ2n) is 4.82. The molecule has 0 aliphatic carbocycles. The summed E-state index contributed by atoms with van der Waals surface area (Å²) in [5.74, 6) is 0.361. The van der Waals surface area contributed by atoms with Crippen molar-refractivity contribution in [3.63, 3.8) is 0 Å². The fourth-order valence-electron chi connectivity index (χ4n) is 2.16. The molecule has 2 heterocycles. The number of nitrogens with zero attached hydrogens (tertiary/aromatic N) is 4. The molecule has 1 aliphatic heterocycles. The smallest absolute Gasteiger partial charge is 0.303 e. The molecule has 0 radical (unpaired) electrons. The lowest BCUT2D eigenvalue weighted by Crippen LogP contribution is -2.23. The van der Waals surface area contributed by atoms with Crippen molar-refractivity contribution in [3.05, 3.63) is 11.4 Å². The van der Waals surface area contributed by atoms with Crippen LogP contribution < -0.4 is 4.90 Å². The molecule has 1 atom stereocenters. The summed E-state index contributed by atoms with van der Waals surface area (Å²) in [6.45, 7) is 5.52. The topological polar surface area (TPSA) is 79.2 Å². The Balaban J connectivity index is 1.95. The Morgan fingerprint density at radius 1 is 1.39 bits per heavy atom. The number of carbonyl (C=O) groups is 1. The first-order valence-corrected chi connectivity index (χ1v) is 6.21. The highest BCUT2D eigenvalue weighted by Gasteiger charge is 2.25. The average molecular weight is 250 g/mol. The first-order chi connectivity index (χ1) is 8.56. The van der Waals surface area contributed by atoms with Crippen molar-refractivity contribution >= 4 is 11.9 Å². The lowest BCUT2D eigenvalue weighted by Gasteiger charge is -2.16. The lowest BCUT2D eigenvalue weighted by atomic mass is 10.0. The van der Waals surface area contributed by atoms with Gasteiger partial charge in [-0.1, -0.05) is 0 Å². The van der Waals surface area contributed by atoms with Crippen LogP contribution in [0.5, 0.6) is 0 Å². The molecule has 6 heteroatoms. The van der Waals surface area contributed by atoms with Crippen molar-refractivity contribution in [1.29, 1.82) is 0 Å². The summed E-state index contributed by atoms with van der Waals surface area (Å²) in [6, 6.07) is 0. The molecule has 0 bridgehead atoms. The Morgan fingerprint density at radius 3 is 2.83 bits per heavy atom. The van der Waals surface area contributed by atoms with Crippen molar-refractivity contribution in [3.8, 4) is 0 Å². The van der Waals surface area contributed by atoms with Crippen LogP contribution in [0.1, 0.15) is 30.7 Å². The fraction of sp³-hybridized carbons (Fsp3) is 0.667. The van der Waals surface area contributed by atoms with Gasteiger partial charge in [0.25, 0.3) is 0 Å². The van der Waals surface area contributed by atoms with Crippen LogP contribution in [0.3, 0.4) is 0 Å². The Hall–Kier alpha value is -1.72. The molecule has 1 aromatic rings. The van der Waals surface area contributed by atoms with E-state index < -0.39 is 5.97 Å². The van der Waals surface area contributed by atoms with E-state index in [-0.39, 0.29) is 6.42 Å². The fourth-order valence-corrected chi connectivity index (χ4v) is 2.16. The van der Waals surface area contributed by atoms with E-state index in [2.05, 4.69) is 20.1 Å². The third-order valence-electron chi connectivity index (χ3n) is 3.42. The molecule has 0 saturated carbocycles. The van der Waals surface area contributed by atoms with E-state index in [9.17, 15) is 4.79 Å². The molecular weight excluding hydrogens is 232 g/mol. The van der Waals surface area contributed by atoms with Crippen LogP contribution in [0.15, 0.2) is 0 Å². The molecule has 0 spiro atoms. The molecule has 1 aromatic heterocycles. The molecule has 1 fully saturated rings. The van der Waals surface area contributed by atoms with Crippen LogP contribution in [0, 0.1) is 19.8 Å². The highest BCUT2D eigenvalue weighted by atomic mass is 16.4. The Morgan fingerprint density at radius 2 is 2.17 bits per heavy atom. The minimum absolute atomic E-state index is 0.241. The number of aromatic nitrogens is 3. The summed E-state index contributed by atoms with van der Waals surface area (Å²) < 4.78 is 0. The van der Waals surface area contributed by atoms with Crippen LogP contribution in [-0.2, 0) is 4.79 Å². The van der Waals surface area contributed by atoms with Gasteiger partial charge in [-0.25, -0.2) is 4.98 Å². The summed E-state index contributed by atoms with van der Waals surface area (Å²) in [5, 5.41) is 16.8. The third-order valence-corrected chi connectivity index (χ3v) is 3.42. The second kappa shape index (κ2) is 5.29. The van der Waals surface area contributed by atoms with Crippen molar-refractivity contribution in [2.45, 2.75) is 33.1 Å². The van der Waals surface area contributed by atoms with Crippen LogP contribution in [0.4, 0.5) is 5.95 Å². The monoisotopic (exact) mass is 250 g/mol. The summed E-state index contributed by atoms with van der Waals surface area (Å²) in [4.78, 5) is 17.1. The number of hydrogen-bond donors (Lipinski definition) is 1. The summed E-state index contributed by atoms with van der Waals surface area (Å²) in [6.07, 6.45) is 1.97. The summed E-state index contributed by atoms with van der Waals surface area (Å²) >= 11 is 0. The lowest BCUT2D eigenvalue weighted by molar-refractivity contribution is -0.137. The van der Waals surface area contributed by atoms with Crippen molar-refractivity contribution in [2.75, 3.05) is 18.0 Å². The third kappa shape index (κ3) is 2.94. The average Bonchev–Trinajstić information content (AvgIpc) is 2.79. The number of carboxylic acid groups (broad SMARTS) is 1. The normalized spacial score (nSPS) is 19.2.